The molecule has 2 aromatic carbocycles. The van der Waals surface area contributed by atoms with Crippen LogP contribution in [0.15, 0.2) is 48.5 Å². The molecule has 2 nitrogen and oxygen atoms in total. The van der Waals surface area contributed by atoms with Gasteiger partial charge in [0.05, 0.1) is 11.6 Å². The smallest absolute Gasteiger partial charge is 0.143 e. The third kappa shape index (κ3) is 2.32. The maximum atomic E-state index is 5.85. The Balaban J connectivity index is 2.27. The third-order valence-electron chi connectivity index (χ3n) is 3.09. The summed E-state index contributed by atoms with van der Waals surface area (Å²) in [6, 6.07) is 16.5. The maximum Gasteiger partial charge on any atom is 0.143 e. The van der Waals surface area contributed by atoms with Crippen LogP contribution in [0.2, 0.25) is 0 Å². The first-order chi connectivity index (χ1) is 9.28. The number of benzene rings is 2. The van der Waals surface area contributed by atoms with E-state index < -0.39 is 0 Å². The van der Waals surface area contributed by atoms with Gasteiger partial charge in [0, 0.05) is 11.3 Å². The molecule has 0 spiro atoms. The Morgan fingerprint density at radius 1 is 1.00 bits per heavy atom. The van der Waals surface area contributed by atoms with Gasteiger partial charge in [-0.2, -0.15) is 0 Å². The quantitative estimate of drug-likeness (QED) is 0.646. The highest BCUT2D eigenvalue weighted by Crippen LogP contribution is 2.27. The highest BCUT2D eigenvalue weighted by Gasteiger charge is 2.07. The summed E-state index contributed by atoms with van der Waals surface area (Å²) < 4.78 is 0. The molecular formula is C16H13ClN2. The van der Waals surface area contributed by atoms with E-state index in [0.29, 0.717) is 11.7 Å². The molecule has 0 unspecified atom stereocenters. The van der Waals surface area contributed by atoms with Gasteiger partial charge in [-0.3, -0.25) is 0 Å². The molecule has 0 radical (unpaired) electrons. The molecule has 1 heterocycles. The van der Waals surface area contributed by atoms with E-state index in [1.807, 2.05) is 25.1 Å². The predicted molar refractivity (Wildman–Crippen MR) is 79.3 cm³/mol. The Labute approximate surface area is 117 Å². The van der Waals surface area contributed by atoms with Crippen LogP contribution < -0.4 is 0 Å². The van der Waals surface area contributed by atoms with Crippen molar-refractivity contribution in [1.82, 2.24) is 9.97 Å². The maximum absolute atomic E-state index is 5.85. The summed E-state index contributed by atoms with van der Waals surface area (Å²) in [7, 11) is 0. The fourth-order valence-electron chi connectivity index (χ4n) is 2.28. The Kier molecular flexibility index (Phi) is 3.18. The average Bonchev–Trinajstić information content (AvgIpc) is 2.46. The van der Waals surface area contributed by atoms with Crippen molar-refractivity contribution in [3.63, 3.8) is 0 Å². The zero-order chi connectivity index (χ0) is 13.2. The van der Waals surface area contributed by atoms with Crippen molar-refractivity contribution >= 4 is 22.4 Å². The van der Waals surface area contributed by atoms with Crippen LogP contribution in [0.3, 0.4) is 0 Å². The summed E-state index contributed by atoms with van der Waals surface area (Å²) >= 11 is 5.85. The first-order valence-corrected chi connectivity index (χ1v) is 6.70. The number of nitrogens with zero attached hydrogens (tertiary/aromatic N) is 2. The first-order valence-electron chi connectivity index (χ1n) is 6.16. The molecule has 0 amide bonds. The van der Waals surface area contributed by atoms with E-state index in [1.54, 1.807) is 0 Å². The van der Waals surface area contributed by atoms with Gasteiger partial charge in [0.25, 0.3) is 0 Å². The summed E-state index contributed by atoms with van der Waals surface area (Å²) in [4.78, 5) is 8.84. The normalized spacial score (nSPS) is 10.8. The number of aromatic nitrogens is 2. The van der Waals surface area contributed by atoms with Gasteiger partial charge in [-0.15, -0.1) is 11.6 Å². The van der Waals surface area contributed by atoms with Crippen LogP contribution in [0, 0.1) is 6.92 Å². The second-order valence-electron chi connectivity index (χ2n) is 4.47. The van der Waals surface area contributed by atoms with E-state index in [-0.39, 0.29) is 0 Å². The van der Waals surface area contributed by atoms with Crippen LogP contribution in [-0.4, -0.2) is 9.97 Å². The van der Waals surface area contributed by atoms with Gasteiger partial charge in [0.1, 0.15) is 5.82 Å². The topological polar surface area (TPSA) is 25.8 Å². The minimum absolute atomic E-state index is 0.333. The Hall–Kier alpha value is -1.93. The molecule has 0 bridgehead atoms. The zero-order valence-electron chi connectivity index (χ0n) is 10.6. The number of hydrogen-bond donors (Lipinski definition) is 0. The van der Waals surface area contributed by atoms with E-state index in [2.05, 4.69) is 40.3 Å². The van der Waals surface area contributed by atoms with Gasteiger partial charge in [-0.05, 0) is 23.8 Å². The Bertz CT molecular complexity index is 732. The molecule has 0 fully saturated rings. The van der Waals surface area contributed by atoms with Gasteiger partial charge in [-0.25, -0.2) is 9.97 Å². The zero-order valence-corrected chi connectivity index (χ0v) is 11.4. The summed E-state index contributed by atoms with van der Waals surface area (Å²) in [5.41, 5.74) is 2.99. The minimum Gasteiger partial charge on any atom is -0.237 e. The van der Waals surface area contributed by atoms with Crippen LogP contribution in [0.5, 0.6) is 0 Å². The van der Waals surface area contributed by atoms with Crippen molar-refractivity contribution in [1.29, 1.82) is 0 Å². The molecule has 3 rings (SSSR count). The van der Waals surface area contributed by atoms with Gasteiger partial charge >= 0.3 is 0 Å². The molecule has 19 heavy (non-hydrogen) atoms. The van der Waals surface area contributed by atoms with Crippen LogP contribution in [-0.2, 0) is 5.88 Å². The van der Waals surface area contributed by atoms with Crippen molar-refractivity contribution in [3.05, 3.63) is 60.0 Å². The van der Waals surface area contributed by atoms with E-state index in [1.165, 1.54) is 10.8 Å². The lowest BCUT2D eigenvalue weighted by Crippen LogP contribution is -1.96. The lowest BCUT2D eigenvalue weighted by molar-refractivity contribution is 0.998. The average molecular weight is 269 g/mol. The number of halogens is 1. The number of fused-ring (bicyclic) bond motifs is 1. The first kappa shape index (κ1) is 12.1. The van der Waals surface area contributed by atoms with E-state index >= 15 is 0 Å². The van der Waals surface area contributed by atoms with Crippen molar-refractivity contribution in [2.45, 2.75) is 12.8 Å². The van der Waals surface area contributed by atoms with Gasteiger partial charge in [0.2, 0.25) is 0 Å². The minimum atomic E-state index is 0.333. The lowest BCUT2D eigenvalue weighted by atomic mass is 10.0. The van der Waals surface area contributed by atoms with Gasteiger partial charge in [0.15, 0.2) is 0 Å². The van der Waals surface area contributed by atoms with Crippen LogP contribution in [0.4, 0.5) is 0 Å². The fourth-order valence-corrected chi connectivity index (χ4v) is 2.40. The number of rotatable bonds is 2. The molecule has 1 aromatic heterocycles. The molecule has 0 N–H and O–H groups in total. The van der Waals surface area contributed by atoms with Crippen molar-refractivity contribution < 1.29 is 0 Å². The molecule has 0 aliphatic carbocycles. The van der Waals surface area contributed by atoms with Gasteiger partial charge in [-0.1, -0.05) is 42.5 Å². The largest absolute Gasteiger partial charge is 0.237 e. The monoisotopic (exact) mass is 268 g/mol. The summed E-state index contributed by atoms with van der Waals surface area (Å²) in [6.45, 7) is 1.96. The molecule has 3 heteroatoms. The fraction of sp³-hybridized carbons (Fsp3) is 0.125. The lowest BCUT2D eigenvalue weighted by Gasteiger charge is -2.08. The van der Waals surface area contributed by atoms with Crippen molar-refractivity contribution in [2.24, 2.45) is 0 Å². The summed E-state index contributed by atoms with van der Waals surface area (Å²) in [5.74, 6) is 1.00. The van der Waals surface area contributed by atoms with Crippen molar-refractivity contribution in [3.8, 4) is 11.3 Å². The number of hydrogen-bond acceptors (Lipinski definition) is 2. The van der Waals surface area contributed by atoms with E-state index in [9.17, 15) is 0 Å². The van der Waals surface area contributed by atoms with E-state index in [0.717, 1.165) is 17.0 Å². The molecule has 94 valence electrons. The summed E-state index contributed by atoms with van der Waals surface area (Å²) in [6.07, 6.45) is 0. The van der Waals surface area contributed by atoms with Crippen LogP contribution >= 0.6 is 11.6 Å². The van der Waals surface area contributed by atoms with E-state index in [4.69, 9.17) is 11.6 Å². The highest BCUT2D eigenvalue weighted by molar-refractivity contribution is 6.16. The highest BCUT2D eigenvalue weighted by atomic mass is 35.5. The predicted octanol–water partition coefficient (Wildman–Crippen LogP) is 4.34. The second-order valence-corrected chi connectivity index (χ2v) is 4.74. The Morgan fingerprint density at radius 2 is 1.79 bits per heavy atom. The molecule has 0 aliphatic rings. The standard InChI is InChI=1S/C16H13ClN2/c1-11-9-15(19-16(10-17)18-11)14-8-4-6-12-5-2-3-7-13(12)14/h2-9H,10H2,1H3. The molecule has 0 saturated heterocycles. The van der Waals surface area contributed by atoms with Crippen molar-refractivity contribution in [2.75, 3.05) is 0 Å². The SMILES string of the molecule is Cc1cc(-c2cccc3ccccc23)nc(CCl)n1. The second kappa shape index (κ2) is 4.98. The molecular weight excluding hydrogens is 256 g/mol. The van der Waals surface area contributed by atoms with Gasteiger partial charge < -0.3 is 0 Å². The van der Waals surface area contributed by atoms with Crippen LogP contribution in [0.25, 0.3) is 22.0 Å². The number of alkyl halides is 1. The van der Waals surface area contributed by atoms with Crippen LogP contribution in [0.1, 0.15) is 11.5 Å². The Morgan fingerprint density at radius 3 is 2.63 bits per heavy atom. The summed E-state index contributed by atoms with van der Waals surface area (Å²) in [5, 5.41) is 2.41. The molecule has 0 aliphatic heterocycles. The molecule has 0 atom stereocenters. The molecule has 3 aromatic rings. The third-order valence-corrected chi connectivity index (χ3v) is 3.32. The molecule has 0 saturated carbocycles. The number of aryl methyl sites for hydroxylation is 1.